The molecular formula is C22H10F2N6S3. The van der Waals surface area contributed by atoms with Crippen LogP contribution in [0.15, 0.2) is 61.2 Å². The second-order valence-electron chi connectivity index (χ2n) is 6.90. The van der Waals surface area contributed by atoms with Gasteiger partial charge >= 0.3 is 0 Å². The number of halogens is 2. The maximum Gasteiger partial charge on any atom is 0.169 e. The Hall–Kier alpha value is -3.54. The number of rotatable bonds is 4. The SMILES string of the molecule is Fc1cnc(-c2ccc(-c3ccc(-c4ccc(-c5ncc(F)cn5)s4)c4nsnc34)s2)nc1. The Morgan fingerprint density at radius 1 is 0.515 bits per heavy atom. The van der Waals surface area contributed by atoms with Gasteiger partial charge < -0.3 is 0 Å². The molecule has 0 aliphatic heterocycles. The van der Waals surface area contributed by atoms with Crippen LogP contribution in [0.1, 0.15) is 0 Å². The normalized spacial score (nSPS) is 11.3. The van der Waals surface area contributed by atoms with E-state index in [0.29, 0.717) is 11.6 Å². The summed E-state index contributed by atoms with van der Waals surface area (Å²) in [7, 11) is 0. The first kappa shape index (κ1) is 20.1. The first-order chi connectivity index (χ1) is 16.2. The highest BCUT2D eigenvalue weighted by atomic mass is 32.1. The molecule has 6 rings (SSSR count). The Labute approximate surface area is 197 Å². The second kappa shape index (κ2) is 8.10. The standard InChI is InChI=1S/C22H10F2N6S3/c23-11-7-25-21(26-8-11)17-5-3-15(31-17)13-1-2-14(20-19(13)29-33-30-20)16-4-6-18(32-16)22-27-9-12(24)10-28-22/h1-10H. The van der Waals surface area contributed by atoms with Gasteiger partial charge in [0.25, 0.3) is 0 Å². The van der Waals surface area contributed by atoms with E-state index in [4.69, 9.17) is 0 Å². The first-order valence-corrected chi connectivity index (χ1v) is 11.9. The molecule has 0 fully saturated rings. The minimum atomic E-state index is -0.468. The minimum absolute atomic E-state index is 0.468. The molecule has 11 heteroatoms. The highest BCUT2D eigenvalue weighted by molar-refractivity contribution is 7.19. The molecule has 0 amide bonds. The van der Waals surface area contributed by atoms with E-state index in [1.54, 1.807) is 0 Å². The van der Waals surface area contributed by atoms with E-state index in [0.717, 1.165) is 78.2 Å². The minimum Gasteiger partial charge on any atom is -0.233 e. The molecule has 160 valence electrons. The smallest absolute Gasteiger partial charge is 0.169 e. The summed E-state index contributed by atoms with van der Waals surface area (Å²) in [6.07, 6.45) is 4.63. The Kier molecular flexibility index (Phi) is 4.93. The fourth-order valence-corrected chi connectivity index (χ4v) is 5.88. The quantitative estimate of drug-likeness (QED) is 0.286. The summed E-state index contributed by atoms with van der Waals surface area (Å²) in [5.74, 6) is 0.0188. The van der Waals surface area contributed by atoms with E-state index < -0.39 is 11.6 Å². The van der Waals surface area contributed by atoms with E-state index in [2.05, 4.69) is 28.7 Å². The van der Waals surface area contributed by atoms with Crippen LogP contribution in [0.4, 0.5) is 8.78 Å². The van der Waals surface area contributed by atoms with Crippen LogP contribution in [0.2, 0.25) is 0 Å². The van der Waals surface area contributed by atoms with Gasteiger partial charge in [0, 0.05) is 20.9 Å². The molecule has 0 aliphatic carbocycles. The topological polar surface area (TPSA) is 77.3 Å². The summed E-state index contributed by atoms with van der Waals surface area (Å²) in [4.78, 5) is 19.9. The number of benzene rings is 1. The lowest BCUT2D eigenvalue weighted by Crippen LogP contribution is -1.86. The Morgan fingerprint density at radius 3 is 1.33 bits per heavy atom. The summed E-state index contributed by atoms with van der Waals surface area (Å²) in [5, 5.41) is 0. The van der Waals surface area contributed by atoms with Crippen LogP contribution in [0, 0.1) is 11.6 Å². The molecular weight excluding hydrogens is 482 g/mol. The third-order valence-electron chi connectivity index (χ3n) is 4.84. The van der Waals surface area contributed by atoms with Crippen molar-refractivity contribution in [3.05, 3.63) is 72.8 Å². The third kappa shape index (κ3) is 3.69. The summed E-state index contributed by atoms with van der Waals surface area (Å²) in [6.45, 7) is 0. The molecule has 0 radical (unpaired) electrons. The fraction of sp³-hybridized carbons (Fsp3) is 0. The zero-order chi connectivity index (χ0) is 22.4. The lowest BCUT2D eigenvalue weighted by molar-refractivity contribution is 0.614. The van der Waals surface area contributed by atoms with E-state index in [9.17, 15) is 8.78 Å². The van der Waals surface area contributed by atoms with Crippen LogP contribution in [0.5, 0.6) is 0 Å². The van der Waals surface area contributed by atoms with Gasteiger partial charge in [0.1, 0.15) is 11.0 Å². The molecule has 5 heterocycles. The highest BCUT2D eigenvalue weighted by Crippen LogP contribution is 2.41. The molecule has 0 aliphatic rings. The van der Waals surface area contributed by atoms with Crippen LogP contribution >= 0.6 is 34.4 Å². The Bertz CT molecular complexity index is 1470. The largest absolute Gasteiger partial charge is 0.233 e. The lowest BCUT2D eigenvalue weighted by Gasteiger charge is -2.03. The molecule has 0 spiro atoms. The number of aromatic nitrogens is 6. The van der Waals surface area contributed by atoms with Gasteiger partial charge in [0.2, 0.25) is 0 Å². The van der Waals surface area contributed by atoms with Gasteiger partial charge in [-0.05, 0) is 24.3 Å². The van der Waals surface area contributed by atoms with Crippen molar-refractivity contribution in [2.75, 3.05) is 0 Å². The Balaban J connectivity index is 1.38. The van der Waals surface area contributed by atoms with Crippen LogP contribution in [0.25, 0.3) is 53.3 Å². The van der Waals surface area contributed by atoms with Gasteiger partial charge in [-0.2, -0.15) is 8.75 Å². The lowest BCUT2D eigenvalue weighted by atomic mass is 10.1. The van der Waals surface area contributed by atoms with Crippen LogP contribution < -0.4 is 0 Å². The summed E-state index contributed by atoms with van der Waals surface area (Å²) >= 11 is 4.18. The van der Waals surface area contributed by atoms with E-state index in [1.165, 1.54) is 22.7 Å². The second-order valence-corrected chi connectivity index (χ2v) is 9.60. The zero-order valence-corrected chi connectivity index (χ0v) is 18.9. The van der Waals surface area contributed by atoms with Crippen molar-refractivity contribution in [1.82, 2.24) is 28.7 Å². The molecule has 6 nitrogen and oxygen atoms in total. The van der Waals surface area contributed by atoms with Crippen molar-refractivity contribution < 1.29 is 8.78 Å². The summed E-state index contributed by atoms with van der Waals surface area (Å²) in [6, 6.07) is 11.8. The van der Waals surface area contributed by atoms with Gasteiger partial charge in [-0.15, -0.1) is 22.7 Å². The van der Waals surface area contributed by atoms with Gasteiger partial charge in [-0.25, -0.2) is 28.7 Å². The summed E-state index contributed by atoms with van der Waals surface area (Å²) in [5.41, 5.74) is 3.52. The van der Waals surface area contributed by atoms with Gasteiger partial charge in [-0.3, -0.25) is 0 Å². The molecule has 6 aromatic rings. The number of hydrogen-bond acceptors (Lipinski definition) is 9. The van der Waals surface area contributed by atoms with Gasteiger partial charge in [0.15, 0.2) is 23.3 Å². The van der Waals surface area contributed by atoms with Crippen LogP contribution in [-0.2, 0) is 0 Å². The van der Waals surface area contributed by atoms with Crippen molar-refractivity contribution in [1.29, 1.82) is 0 Å². The number of hydrogen-bond donors (Lipinski definition) is 0. The molecule has 5 aromatic heterocycles. The molecule has 0 unspecified atom stereocenters. The van der Waals surface area contributed by atoms with Crippen molar-refractivity contribution >= 4 is 45.4 Å². The molecule has 0 saturated heterocycles. The van der Waals surface area contributed by atoms with E-state index in [1.807, 2.05) is 36.4 Å². The first-order valence-electron chi connectivity index (χ1n) is 9.57. The number of thiophene rings is 2. The zero-order valence-electron chi connectivity index (χ0n) is 16.4. The fourth-order valence-electron chi connectivity index (χ4n) is 3.35. The molecule has 33 heavy (non-hydrogen) atoms. The maximum atomic E-state index is 13.1. The van der Waals surface area contributed by atoms with Crippen molar-refractivity contribution in [3.8, 4) is 42.3 Å². The maximum absolute atomic E-state index is 13.1. The predicted octanol–water partition coefficient (Wildman–Crippen LogP) is 6.34. The number of fused-ring (bicyclic) bond motifs is 1. The number of nitrogens with zero attached hydrogens (tertiary/aromatic N) is 6. The molecule has 0 atom stereocenters. The Morgan fingerprint density at radius 2 is 0.909 bits per heavy atom. The molecule has 0 bridgehead atoms. The van der Waals surface area contributed by atoms with Crippen LogP contribution in [-0.4, -0.2) is 28.7 Å². The average Bonchev–Trinajstić information content (AvgIpc) is 3.60. The molecule has 0 saturated carbocycles. The van der Waals surface area contributed by atoms with Gasteiger partial charge in [-0.1, -0.05) is 12.1 Å². The molecule has 1 aromatic carbocycles. The highest BCUT2D eigenvalue weighted by Gasteiger charge is 2.17. The predicted molar refractivity (Wildman–Crippen MR) is 126 cm³/mol. The molecule has 0 N–H and O–H groups in total. The van der Waals surface area contributed by atoms with E-state index >= 15 is 0 Å². The van der Waals surface area contributed by atoms with E-state index in [-0.39, 0.29) is 0 Å². The van der Waals surface area contributed by atoms with Crippen molar-refractivity contribution in [2.24, 2.45) is 0 Å². The van der Waals surface area contributed by atoms with Crippen molar-refractivity contribution in [2.45, 2.75) is 0 Å². The van der Waals surface area contributed by atoms with Gasteiger partial charge in [0.05, 0.1) is 46.3 Å². The van der Waals surface area contributed by atoms with Crippen molar-refractivity contribution in [3.63, 3.8) is 0 Å². The van der Waals surface area contributed by atoms with Crippen LogP contribution in [0.3, 0.4) is 0 Å². The average molecular weight is 493 g/mol. The monoisotopic (exact) mass is 492 g/mol. The third-order valence-corrected chi connectivity index (χ3v) is 7.60. The summed E-state index contributed by atoms with van der Waals surface area (Å²) < 4.78 is 35.4.